The molecule has 2 aromatic rings. The molecular weight excluding hydrogens is 476 g/mol. The fourth-order valence-corrected chi connectivity index (χ4v) is 4.15. The molecule has 10 heteroatoms. The van der Waals surface area contributed by atoms with Gasteiger partial charge in [0.2, 0.25) is 0 Å². The summed E-state index contributed by atoms with van der Waals surface area (Å²) in [7, 11) is 0. The summed E-state index contributed by atoms with van der Waals surface area (Å²) in [5, 5.41) is 2.64. The van der Waals surface area contributed by atoms with Crippen molar-refractivity contribution in [3.63, 3.8) is 0 Å². The van der Waals surface area contributed by atoms with Crippen LogP contribution in [0.15, 0.2) is 54.6 Å². The summed E-state index contributed by atoms with van der Waals surface area (Å²) in [4.78, 5) is 42.1. The molecule has 4 rings (SSSR count). The van der Waals surface area contributed by atoms with Gasteiger partial charge in [-0.25, -0.2) is 14.4 Å². The fraction of sp³-hybridized carbons (Fsp3) is 0.444. The average molecular weight is 511 g/mol. The normalized spacial score (nSPS) is 17.9. The van der Waals surface area contributed by atoms with Crippen molar-refractivity contribution in [2.75, 3.05) is 49.1 Å². The first-order valence-electron chi connectivity index (χ1n) is 12.4. The van der Waals surface area contributed by atoms with Crippen LogP contribution in [0.5, 0.6) is 0 Å². The Morgan fingerprint density at radius 3 is 2.27 bits per heavy atom. The number of carbonyl (C=O) groups is 3. The van der Waals surface area contributed by atoms with Crippen LogP contribution >= 0.6 is 0 Å². The number of anilines is 2. The molecule has 1 atom stereocenters. The Morgan fingerprint density at radius 1 is 0.973 bits per heavy atom. The van der Waals surface area contributed by atoms with E-state index in [4.69, 9.17) is 14.2 Å². The molecule has 37 heavy (non-hydrogen) atoms. The molecule has 2 fully saturated rings. The zero-order valence-electron chi connectivity index (χ0n) is 21.5. The number of cyclic esters (lactones) is 1. The number of rotatable bonds is 6. The summed E-state index contributed by atoms with van der Waals surface area (Å²) in [6.45, 7) is 8.63. The number of ether oxygens (including phenoxy) is 3. The van der Waals surface area contributed by atoms with E-state index >= 15 is 0 Å². The van der Waals surface area contributed by atoms with Crippen LogP contribution in [-0.4, -0.2) is 74.2 Å². The van der Waals surface area contributed by atoms with E-state index in [-0.39, 0.29) is 19.2 Å². The highest BCUT2D eigenvalue weighted by atomic mass is 16.6. The summed E-state index contributed by atoms with van der Waals surface area (Å²) >= 11 is 0. The first-order valence-corrected chi connectivity index (χ1v) is 12.4. The third-order valence-electron chi connectivity index (χ3n) is 6.02. The van der Waals surface area contributed by atoms with E-state index in [1.54, 1.807) is 30.6 Å². The molecule has 2 aliphatic heterocycles. The van der Waals surface area contributed by atoms with Crippen molar-refractivity contribution in [3.05, 3.63) is 60.2 Å². The van der Waals surface area contributed by atoms with Gasteiger partial charge in [0, 0.05) is 37.6 Å². The monoisotopic (exact) mass is 510 g/mol. The minimum Gasteiger partial charge on any atom is -0.445 e. The predicted octanol–water partition coefficient (Wildman–Crippen LogP) is 4.00. The minimum atomic E-state index is -0.595. The maximum Gasteiger partial charge on any atom is 0.414 e. The lowest BCUT2D eigenvalue weighted by Crippen LogP contribution is -2.48. The molecule has 0 saturated carbocycles. The van der Waals surface area contributed by atoms with Crippen molar-refractivity contribution in [3.8, 4) is 0 Å². The van der Waals surface area contributed by atoms with Gasteiger partial charge in [-0.15, -0.1) is 0 Å². The molecular formula is C27H34N4O6. The number of amides is 3. The van der Waals surface area contributed by atoms with Crippen LogP contribution in [0.1, 0.15) is 26.3 Å². The van der Waals surface area contributed by atoms with E-state index in [0.29, 0.717) is 32.7 Å². The zero-order chi connectivity index (χ0) is 26.4. The van der Waals surface area contributed by atoms with E-state index in [0.717, 1.165) is 16.9 Å². The van der Waals surface area contributed by atoms with Crippen molar-refractivity contribution >= 4 is 29.7 Å². The molecule has 2 aromatic carbocycles. The summed E-state index contributed by atoms with van der Waals surface area (Å²) in [5.41, 5.74) is 2.10. The molecule has 2 aliphatic rings. The van der Waals surface area contributed by atoms with Gasteiger partial charge in [0.1, 0.15) is 18.3 Å². The van der Waals surface area contributed by atoms with Crippen molar-refractivity contribution < 1.29 is 28.6 Å². The molecule has 10 nitrogen and oxygen atoms in total. The maximum absolute atomic E-state index is 12.4. The van der Waals surface area contributed by atoms with Gasteiger partial charge in [0.15, 0.2) is 0 Å². The van der Waals surface area contributed by atoms with E-state index in [1.807, 2.05) is 54.6 Å². The van der Waals surface area contributed by atoms with Gasteiger partial charge in [-0.1, -0.05) is 30.3 Å². The first kappa shape index (κ1) is 26.1. The fourth-order valence-electron chi connectivity index (χ4n) is 4.15. The topological polar surface area (TPSA) is 101 Å². The van der Waals surface area contributed by atoms with Crippen LogP contribution in [0.25, 0.3) is 0 Å². The summed E-state index contributed by atoms with van der Waals surface area (Å²) in [6.07, 6.45) is -1.76. The van der Waals surface area contributed by atoms with E-state index < -0.39 is 23.9 Å². The molecule has 0 spiro atoms. The number of carbonyl (C=O) groups excluding carboxylic acids is 3. The standard InChI is InChI=1S/C27H34N4O6/c1-27(2,3)37-24(32)28-17-23-18-31(26(34)36-23)22-11-9-21(10-12-22)29-13-15-30(16-14-29)25(33)35-19-20-7-5-4-6-8-20/h4-12,23H,13-19H2,1-3H3,(H,28,32)/t23-/m0/s1. The Bertz CT molecular complexity index is 1080. The lowest BCUT2D eigenvalue weighted by atomic mass is 10.2. The van der Waals surface area contributed by atoms with E-state index in [9.17, 15) is 14.4 Å². The third kappa shape index (κ3) is 7.28. The lowest BCUT2D eigenvalue weighted by Gasteiger charge is -2.35. The van der Waals surface area contributed by atoms with E-state index in [1.165, 1.54) is 0 Å². The second kappa shape index (κ2) is 11.4. The van der Waals surface area contributed by atoms with Gasteiger partial charge in [-0.2, -0.15) is 0 Å². The number of nitrogens with zero attached hydrogens (tertiary/aromatic N) is 3. The summed E-state index contributed by atoms with van der Waals surface area (Å²) in [5.74, 6) is 0. The number of hydrogen-bond donors (Lipinski definition) is 1. The highest BCUT2D eigenvalue weighted by Gasteiger charge is 2.33. The van der Waals surface area contributed by atoms with Crippen LogP contribution < -0.4 is 15.1 Å². The largest absolute Gasteiger partial charge is 0.445 e. The second-order valence-electron chi connectivity index (χ2n) is 10.0. The van der Waals surface area contributed by atoms with E-state index in [2.05, 4.69) is 10.2 Å². The number of alkyl carbamates (subject to hydrolysis) is 1. The Kier molecular flexibility index (Phi) is 8.05. The van der Waals surface area contributed by atoms with Gasteiger partial charge in [-0.3, -0.25) is 4.90 Å². The van der Waals surface area contributed by atoms with Crippen LogP contribution in [0, 0.1) is 0 Å². The first-order chi connectivity index (χ1) is 17.7. The SMILES string of the molecule is CC(C)(C)OC(=O)NC[C@H]1CN(c2ccc(N3CCN(C(=O)OCc4ccccc4)CC3)cc2)C(=O)O1. The molecule has 2 heterocycles. The molecule has 0 radical (unpaired) electrons. The number of piperazine rings is 1. The number of benzene rings is 2. The highest BCUT2D eigenvalue weighted by molar-refractivity contribution is 5.90. The van der Waals surface area contributed by atoms with Gasteiger partial charge >= 0.3 is 18.3 Å². The Hall–Kier alpha value is -3.95. The number of hydrogen-bond acceptors (Lipinski definition) is 7. The lowest BCUT2D eigenvalue weighted by molar-refractivity contribution is 0.0496. The quantitative estimate of drug-likeness (QED) is 0.587. The summed E-state index contributed by atoms with van der Waals surface area (Å²) < 4.78 is 16.1. The Balaban J connectivity index is 1.23. The van der Waals surface area contributed by atoms with Crippen molar-refractivity contribution in [1.82, 2.24) is 10.2 Å². The van der Waals surface area contributed by atoms with Crippen LogP contribution in [-0.2, 0) is 20.8 Å². The molecule has 0 aliphatic carbocycles. The van der Waals surface area contributed by atoms with Crippen molar-refractivity contribution in [2.24, 2.45) is 0 Å². The molecule has 2 saturated heterocycles. The maximum atomic E-state index is 12.4. The molecule has 0 aromatic heterocycles. The summed E-state index contributed by atoms with van der Waals surface area (Å²) in [6, 6.07) is 17.3. The van der Waals surface area contributed by atoms with Crippen LogP contribution in [0.3, 0.4) is 0 Å². The third-order valence-corrected chi connectivity index (χ3v) is 6.02. The Morgan fingerprint density at radius 2 is 1.62 bits per heavy atom. The molecule has 1 N–H and O–H groups in total. The van der Waals surface area contributed by atoms with Gasteiger partial charge in [-0.05, 0) is 50.6 Å². The van der Waals surface area contributed by atoms with Gasteiger partial charge in [0.05, 0.1) is 13.1 Å². The smallest absolute Gasteiger partial charge is 0.414 e. The van der Waals surface area contributed by atoms with Gasteiger partial charge < -0.3 is 29.3 Å². The minimum absolute atomic E-state index is 0.174. The molecule has 198 valence electrons. The second-order valence-corrected chi connectivity index (χ2v) is 10.0. The average Bonchev–Trinajstić information content (AvgIpc) is 3.26. The Labute approximate surface area is 217 Å². The van der Waals surface area contributed by atoms with Crippen molar-refractivity contribution in [2.45, 2.75) is 39.1 Å². The van der Waals surface area contributed by atoms with Crippen LogP contribution in [0.2, 0.25) is 0 Å². The van der Waals surface area contributed by atoms with Gasteiger partial charge in [0.25, 0.3) is 0 Å². The number of nitrogens with one attached hydrogen (secondary N) is 1. The molecule has 0 bridgehead atoms. The molecule has 0 unspecified atom stereocenters. The highest BCUT2D eigenvalue weighted by Crippen LogP contribution is 2.25. The molecule has 3 amide bonds. The van der Waals surface area contributed by atoms with Crippen LogP contribution in [0.4, 0.5) is 25.8 Å². The van der Waals surface area contributed by atoms with Crippen molar-refractivity contribution in [1.29, 1.82) is 0 Å². The predicted molar refractivity (Wildman–Crippen MR) is 139 cm³/mol. The zero-order valence-corrected chi connectivity index (χ0v) is 21.5.